The molecule has 4 rings (SSSR count). The highest BCUT2D eigenvalue weighted by atomic mass is 16.2. The van der Waals surface area contributed by atoms with Crippen molar-refractivity contribution in [3.05, 3.63) is 59.8 Å². The molecule has 3 amide bonds. The van der Waals surface area contributed by atoms with E-state index < -0.39 is 0 Å². The average Bonchev–Trinajstić information content (AvgIpc) is 3.40. The van der Waals surface area contributed by atoms with Gasteiger partial charge in [0.15, 0.2) is 5.65 Å². The first-order chi connectivity index (χ1) is 15.0. The normalized spacial score (nSPS) is 16.1. The lowest BCUT2D eigenvalue weighted by Gasteiger charge is -2.18. The maximum Gasteiger partial charge on any atom is 0.317 e. The molecule has 3 aromatic rings. The van der Waals surface area contributed by atoms with Crippen molar-refractivity contribution in [3.8, 4) is 0 Å². The van der Waals surface area contributed by atoms with Gasteiger partial charge in [0.1, 0.15) is 5.82 Å². The Bertz CT molecular complexity index is 1060. The summed E-state index contributed by atoms with van der Waals surface area (Å²) in [4.78, 5) is 30.7. The molecule has 1 aliphatic heterocycles. The zero-order chi connectivity index (χ0) is 21.8. The van der Waals surface area contributed by atoms with Crippen LogP contribution in [0.4, 0.5) is 4.79 Å². The molecule has 0 spiro atoms. The predicted molar refractivity (Wildman–Crippen MR) is 116 cm³/mol. The van der Waals surface area contributed by atoms with Crippen LogP contribution in [0, 0.1) is 0 Å². The predicted octanol–water partition coefficient (Wildman–Crippen LogP) is 2.00. The third-order valence-electron chi connectivity index (χ3n) is 5.39. The van der Waals surface area contributed by atoms with Crippen LogP contribution in [0.25, 0.3) is 5.65 Å². The lowest BCUT2D eigenvalue weighted by Crippen LogP contribution is -2.41. The third kappa shape index (κ3) is 4.82. The second kappa shape index (κ2) is 9.11. The van der Waals surface area contributed by atoms with Crippen LogP contribution in [0.3, 0.4) is 0 Å². The molecule has 3 aromatic heterocycles. The van der Waals surface area contributed by atoms with Gasteiger partial charge in [-0.25, -0.2) is 4.79 Å². The minimum atomic E-state index is -0.139. The minimum absolute atomic E-state index is 0.0550. The molecular formula is C22H27N7O2. The molecule has 0 aliphatic carbocycles. The maximum atomic E-state index is 12.6. The van der Waals surface area contributed by atoms with Crippen LogP contribution < -0.4 is 10.6 Å². The van der Waals surface area contributed by atoms with Crippen LogP contribution in [-0.2, 0) is 6.42 Å². The highest BCUT2D eigenvalue weighted by molar-refractivity contribution is 5.94. The SMILES string of the molecule is CC(C)NC(=O)N1CCC(c2nnc3ccc(C(=O)NCCc4ccncc4)cn23)C1. The van der Waals surface area contributed by atoms with Crippen LogP contribution in [0.1, 0.15) is 47.9 Å². The Morgan fingerprint density at radius 1 is 1.16 bits per heavy atom. The van der Waals surface area contributed by atoms with Crippen molar-refractivity contribution in [2.75, 3.05) is 19.6 Å². The molecule has 1 aliphatic rings. The fourth-order valence-electron chi connectivity index (χ4n) is 3.79. The van der Waals surface area contributed by atoms with Gasteiger partial charge in [-0.15, -0.1) is 10.2 Å². The van der Waals surface area contributed by atoms with E-state index in [1.807, 2.05) is 30.4 Å². The fourth-order valence-corrected chi connectivity index (χ4v) is 3.79. The third-order valence-corrected chi connectivity index (χ3v) is 5.39. The number of urea groups is 1. The van der Waals surface area contributed by atoms with E-state index in [0.29, 0.717) is 30.8 Å². The van der Waals surface area contributed by atoms with E-state index >= 15 is 0 Å². The van der Waals surface area contributed by atoms with Gasteiger partial charge in [-0.3, -0.25) is 14.2 Å². The van der Waals surface area contributed by atoms with Crippen LogP contribution in [0.15, 0.2) is 42.9 Å². The number of carbonyl (C=O) groups is 2. The van der Waals surface area contributed by atoms with Gasteiger partial charge in [-0.1, -0.05) is 0 Å². The fraction of sp³-hybridized carbons (Fsp3) is 0.409. The molecule has 9 heteroatoms. The largest absolute Gasteiger partial charge is 0.352 e. The summed E-state index contributed by atoms with van der Waals surface area (Å²) in [6.07, 6.45) is 6.83. The van der Waals surface area contributed by atoms with E-state index in [4.69, 9.17) is 0 Å². The van der Waals surface area contributed by atoms with Crippen LogP contribution in [0.2, 0.25) is 0 Å². The van der Waals surface area contributed by atoms with Gasteiger partial charge in [-0.05, 0) is 56.5 Å². The number of amides is 3. The first-order valence-electron chi connectivity index (χ1n) is 10.6. The van der Waals surface area contributed by atoms with Crippen molar-refractivity contribution in [3.63, 3.8) is 0 Å². The van der Waals surface area contributed by atoms with E-state index in [-0.39, 0.29) is 23.9 Å². The van der Waals surface area contributed by atoms with Crippen molar-refractivity contribution >= 4 is 17.6 Å². The highest BCUT2D eigenvalue weighted by Crippen LogP contribution is 2.26. The van der Waals surface area contributed by atoms with Gasteiger partial charge in [0.2, 0.25) is 0 Å². The molecule has 1 unspecified atom stereocenters. The highest BCUT2D eigenvalue weighted by Gasteiger charge is 2.30. The van der Waals surface area contributed by atoms with Crippen molar-refractivity contribution in [1.82, 2.24) is 35.1 Å². The van der Waals surface area contributed by atoms with E-state index in [0.717, 1.165) is 24.2 Å². The summed E-state index contributed by atoms with van der Waals surface area (Å²) in [7, 11) is 0. The van der Waals surface area contributed by atoms with E-state index in [9.17, 15) is 9.59 Å². The molecule has 4 heterocycles. The Labute approximate surface area is 180 Å². The average molecular weight is 422 g/mol. The van der Waals surface area contributed by atoms with Gasteiger partial charge in [0.05, 0.1) is 5.56 Å². The van der Waals surface area contributed by atoms with Crippen molar-refractivity contribution in [2.45, 2.75) is 38.6 Å². The number of hydrogen-bond donors (Lipinski definition) is 2. The Balaban J connectivity index is 1.43. The topological polar surface area (TPSA) is 105 Å². The van der Waals surface area contributed by atoms with Gasteiger partial charge >= 0.3 is 6.03 Å². The van der Waals surface area contributed by atoms with Gasteiger partial charge in [0.25, 0.3) is 5.91 Å². The summed E-state index contributed by atoms with van der Waals surface area (Å²) < 4.78 is 1.87. The Morgan fingerprint density at radius 3 is 2.74 bits per heavy atom. The molecular weight excluding hydrogens is 394 g/mol. The molecule has 0 aromatic carbocycles. The molecule has 9 nitrogen and oxygen atoms in total. The second-order valence-corrected chi connectivity index (χ2v) is 8.10. The first kappa shape index (κ1) is 20.8. The number of likely N-dealkylation sites (tertiary alicyclic amines) is 1. The molecule has 1 atom stereocenters. The summed E-state index contributed by atoms with van der Waals surface area (Å²) in [5.74, 6) is 0.721. The number of nitrogens with one attached hydrogen (secondary N) is 2. The molecule has 2 N–H and O–H groups in total. The molecule has 31 heavy (non-hydrogen) atoms. The summed E-state index contributed by atoms with van der Waals surface area (Å²) in [5.41, 5.74) is 2.36. The number of aromatic nitrogens is 4. The standard InChI is InChI=1S/C22H27N7O2/c1-15(2)25-22(31)28-12-8-17(13-28)20-27-26-19-4-3-18(14-29(19)20)21(30)24-11-7-16-5-9-23-10-6-16/h3-6,9-10,14-15,17H,7-8,11-13H2,1-2H3,(H,24,30)(H,25,31). The number of carbonyl (C=O) groups excluding carboxylic acids is 2. The zero-order valence-corrected chi connectivity index (χ0v) is 17.8. The van der Waals surface area contributed by atoms with E-state index in [2.05, 4.69) is 25.8 Å². The molecule has 0 radical (unpaired) electrons. The smallest absolute Gasteiger partial charge is 0.317 e. The summed E-state index contributed by atoms with van der Waals surface area (Å²) >= 11 is 0. The van der Waals surface area contributed by atoms with Crippen LogP contribution in [0.5, 0.6) is 0 Å². The van der Waals surface area contributed by atoms with Crippen LogP contribution in [-0.4, -0.2) is 62.1 Å². The summed E-state index contributed by atoms with van der Waals surface area (Å²) in [6, 6.07) is 7.47. The minimum Gasteiger partial charge on any atom is -0.352 e. The Hall–Kier alpha value is -3.49. The Morgan fingerprint density at radius 2 is 1.97 bits per heavy atom. The molecule has 162 valence electrons. The van der Waals surface area contributed by atoms with E-state index in [1.54, 1.807) is 35.6 Å². The molecule has 0 saturated carbocycles. The lowest BCUT2D eigenvalue weighted by atomic mass is 10.1. The molecule has 0 bridgehead atoms. The lowest BCUT2D eigenvalue weighted by molar-refractivity contribution is 0.0953. The first-order valence-corrected chi connectivity index (χ1v) is 10.6. The van der Waals surface area contributed by atoms with Gasteiger partial charge < -0.3 is 15.5 Å². The second-order valence-electron chi connectivity index (χ2n) is 8.10. The number of fused-ring (bicyclic) bond motifs is 1. The van der Waals surface area contributed by atoms with Crippen molar-refractivity contribution in [2.24, 2.45) is 0 Å². The molecule has 1 fully saturated rings. The summed E-state index contributed by atoms with van der Waals surface area (Å²) in [6.45, 7) is 5.69. The quantitative estimate of drug-likeness (QED) is 0.634. The number of rotatable bonds is 6. The monoisotopic (exact) mass is 421 g/mol. The van der Waals surface area contributed by atoms with Crippen molar-refractivity contribution in [1.29, 1.82) is 0 Å². The van der Waals surface area contributed by atoms with Crippen LogP contribution >= 0.6 is 0 Å². The number of pyridine rings is 2. The number of hydrogen-bond acceptors (Lipinski definition) is 5. The van der Waals surface area contributed by atoms with E-state index in [1.165, 1.54) is 0 Å². The number of nitrogens with zero attached hydrogens (tertiary/aromatic N) is 5. The van der Waals surface area contributed by atoms with Crippen molar-refractivity contribution < 1.29 is 9.59 Å². The Kier molecular flexibility index (Phi) is 6.11. The molecule has 1 saturated heterocycles. The van der Waals surface area contributed by atoms with Gasteiger partial charge in [-0.2, -0.15) is 0 Å². The maximum absolute atomic E-state index is 12.6. The summed E-state index contributed by atoms with van der Waals surface area (Å²) in [5, 5.41) is 14.5. The van der Waals surface area contributed by atoms with Gasteiger partial charge in [0, 0.05) is 50.2 Å². The zero-order valence-electron chi connectivity index (χ0n) is 17.8.